The molecule has 0 bridgehead atoms. The highest BCUT2D eigenvalue weighted by molar-refractivity contribution is 9.10. The average molecular weight is 361 g/mol. The van der Waals surface area contributed by atoms with E-state index in [2.05, 4.69) is 21.2 Å². The van der Waals surface area contributed by atoms with Gasteiger partial charge < -0.3 is 5.32 Å². The van der Waals surface area contributed by atoms with E-state index in [4.69, 9.17) is 5.14 Å². The first-order valence-corrected chi connectivity index (χ1v) is 8.68. The third-order valence-electron chi connectivity index (χ3n) is 2.58. The number of aryl methyl sites for hydroxylation is 1. The summed E-state index contributed by atoms with van der Waals surface area (Å²) < 4.78 is 23.9. The molecule has 4 nitrogen and oxygen atoms in total. The molecule has 1 aromatic heterocycles. The van der Waals surface area contributed by atoms with Crippen LogP contribution in [0.15, 0.2) is 39.0 Å². The molecule has 1 heterocycles. The van der Waals surface area contributed by atoms with E-state index < -0.39 is 10.0 Å². The van der Waals surface area contributed by atoms with Crippen molar-refractivity contribution in [3.05, 3.63) is 44.6 Å². The van der Waals surface area contributed by atoms with Crippen molar-refractivity contribution in [2.45, 2.75) is 18.4 Å². The number of anilines is 1. The van der Waals surface area contributed by atoms with E-state index >= 15 is 0 Å². The Morgan fingerprint density at radius 1 is 1.37 bits per heavy atom. The van der Waals surface area contributed by atoms with E-state index in [0.717, 1.165) is 15.0 Å². The number of primary sulfonamides is 1. The monoisotopic (exact) mass is 360 g/mol. The van der Waals surface area contributed by atoms with Crippen LogP contribution in [0.1, 0.15) is 10.4 Å². The number of rotatable bonds is 4. The van der Waals surface area contributed by atoms with Crippen molar-refractivity contribution >= 4 is 43.0 Å². The van der Waals surface area contributed by atoms with Gasteiger partial charge in [0.25, 0.3) is 0 Å². The second kappa shape index (κ2) is 5.62. The van der Waals surface area contributed by atoms with Gasteiger partial charge in [0.15, 0.2) is 0 Å². The maximum atomic E-state index is 11.4. The Morgan fingerprint density at radius 2 is 2.11 bits per heavy atom. The van der Waals surface area contributed by atoms with E-state index in [0.29, 0.717) is 12.1 Å². The molecule has 0 atom stereocenters. The number of sulfonamides is 1. The molecular weight excluding hydrogens is 348 g/mol. The molecule has 0 saturated carbocycles. The van der Waals surface area contributed by atoms with Crippen LogP contribution >= 0.6 is 27.3 Å². The normalized spacial score (nSPS) is 11.5. The average Bonchev–Trinajstić information content (AvgIpc) is 2.72. The Balaban J connectivity index is 2.18. The molecule has 0 aliphatic rings. The second-order valence-corrected chi connectivity index (χ2v) is 7.55. The van der Waals surface area contributed by atoms with E-state index in [1.54, 1.807) is 30.4 Å². The van der Waals surface area contributed by atoms with Crippen LogP contribution < -0.4 is 10.5 Å². The molecule has 0 spiro atoms. The van der Waals surface area contributed by atoms with Crippen LogP contribution in [-0.2, 0) is 16.6 Å². The zero-order valence-corrected chi connectivity index (χ0v) is 13.4. The lowest BCUT2D eigenvalue weighted by atomic mass is 10.2. The Bertz CT molecular complexity index is 696. The van der Waals surface area contributed by atoms with E-state index in [1.807, 2.05) is 17.5 Å². The maximum absolute atomic E-state index is 11.4. The van der Waals surface area contributed by atoms with Crippen LogP contribution in [0.2, 0.25) is 0 Å². The smallest absolute Gasteiger partial charge is 0.238 e. The summed E-state index contributed by atoms with van der Waals surface area (Å²) in [7, 11) is -3.68. The van der Waals surface area contributed by atoms with Gasteiger partial charge in [-0.2, -0.15) is 0 Å². The molecule has 102 valence electrons. The van der Waals surface area contributed by atoms with Crippen LogP contribution in [0.25, 0.3) is 0 Å². The lowest BCUT2D eigenvalue weighted by Crippen LogP contribution is -2.14. The first-order chi connectivity index (χ1) is 8.86. The summed E-state index contributed by atoms with van der Waals surface area (Å²) in [5, 5.41) is 10.4. The zero-order chi connectivity index (χ0) is 14.0. The molecule has 1 aromatic carbocycles. The fraction of sp³-hybridized carbons (Fsp3) is 0.167. The second-order valence-electron chi connectivity index (χ2n) is 4.11. The molecule has 0 amide bonds. The van der Waals surface area contributed by atoms with Gasteiger partial charge in [-0.05, 0) is 46.6 Å². The van der Waals surface area contributed by atoms with Gasteiger partial charge in [-0.25, -0.2) is 13.6 Å². The summed E-state index contributed by atoms with van der Waals surface area (Å²) in [5.41, 5.74) is 1.38. The molecule has 0 aliphatic heterocycles. The molecule has 0 saturated heterocycles. The maximum Gasteiger partial charge on any atom is 0.238 e. The Hall–Kier alpha value is -0.890. The minimum atomic E-state index is -3.68. The van der Waals surface area contributed by atoms with E-state index in [-0.39, 0.29) is 4.90 Å². The highest BCUT2D eigenvalue weighted by atomic mass is 79.9. The highest BCUT2D eigenvalue weighted by Crippen LogP contribution is 2.22. The van der Waals surface area contributed by atoms with Gasteiger partial charge in [-0.3, -0.25) is 0 Å². The predicted octanol–water partition coefficient (Wildman–Crippen LogP) is 3.08. The summed E-state index contributed by atoms with van der Waals surface area (Å²) in [5.74, 6) is 0. The van der Waals surface area contributed by atoms with Crippen LogP contribution in [0, 0.1) is 6.92 Å². The fourth-order valence-electron chi connectivity index (χ4n) is 1.65. The van der Waals surface area contributed by atoms with Gasteiger partial charge in [0.05, 0.1) is 4.90 Å². The quantitative estimate of drug-likeness (QED) is 0.879. The van der Waals surface area contributed by atoms with Crippen molar-refractivity contribution in [2.24, 2.45) is 5.14 Å². The third kappa shape index (κ3) is 3.79. The summed E-state index contributed by atoms with van der Waals surface area (Å²) in [6, 6.07) is 7.17. The first kappa shape index (κ1) is 14.5. The number of benzene rings is 1. The SMILES string of the molecule is Cc1ccc(NCc2cc(Br)cs2)cc1S(N)(=O)=O. The number of halogens is 1. The Morgan fingerprint density at radius 3 is 2.68 bits per heavy atom. The third-order valence-corrected chi connectivity index (χ3v) is 5.33. The molecule has 7 heteroatoms. The minimum Gasteiger partial charge on any atom is -0.380 e. The van der Waals surface area contributed by atoms with Gasteiger partial charge in [0.2, 0.25) is 10.0 Å². The minimum absolute atomic E-state index is 0.157. The summed E-state index contributed by atoms with van der Waals surface area (Å²) in [4.78, 5) is 1.31. The number of hydrogen-bond acceptors (Lipinski definition) is 4. The number of nitrogens with one attached hydrogen (secondary N) is 1. The molecule has 2 aromatic rings. The number of nitrogens with two attached hydrogens (primary N) is 1. The Labute approximate surface area is 124 Å². The van der Waals surface area contributed by atoms with Crippen molar-refractivity contribution < 1.29 is 8.42 Å². The molecule has 0 aliphatic carbocycles. The van der Waals surface area contributed by atoms with Crippen LogP contribution in [0.4, 0.5) is 5.69 Å². The van der Waals surface area contributed by atoms with Crippen molar-refractivity contribution in [3.63, 3.8) is 0 Å². The van der Waals surface area contributed by atoms with Crippen LogP contribution in [0.3, 0.4) is 0 Å². The summed E-state index contributed by atoms with van der Waals surface area (Å²) in [6.07, 6.45) is 0. The molecule has 2 rings (SSSR count). The highest BCUT2D eigenvalue weighted by Gasteiger charge is 2.12. The molecule has 0 fully saturated rings. The molecule has 3 N–H and O–H groups in total. The van der Waals surface area contributed by atoms with Gasteiger partial charge in [-0.15, -0.1) is 11.3 Å². The molecule has 0 unspecified atom stereocenters. The topological polar surface area (TPSA) is 72.2 Å². The summed E-state index contributed by atoms with van der Waals surface area (Å²) in [6.45, 7) is 2.36. The first-order valence-electron chi connectivity index (χ1n) is 5.46. The van der Waals surface area contributed by atoms with Gasteiger partial charge in [-0.1, -0.05) is 6.07 Å². The fourth-order valence-corrected chi connectivity index (χ4v) is 3.85. The predicted molar refractivity (Wildman–Crippen MR) is 81.9 cm³/mol. The molecule has 19 heavy (non-hydrogen) atoms. The molecule has 0 radical (unpaired) electrons. The summed E-state index contributed by atoms with van der Waals surface area (Å²) >= 11 is 5.02. The van der Waals surface area contributed by atoms with Crippen LogP contribution in [-0.4, -0.2) is 8.42 Å². The number of thiophene rings is 1. The van der Waals surface area contributed by atoms with E-state index in [1.165, 1.54) is 0 Å². The zero-order valence-electron chi connectivity index (χ0n) is 10.2. The van der Waals surface area contributed by atoms with E-state index in [9.17, 15) is 8.42 Å². The van der Waals surface area contributed by atoms with Crippen molar-refractivity contribution in [2.75, 3.05) is 5.32 Å². The van der Waals surface area contributed by atoms with Gasteiger partial charge in [0, 0.05) is 27.0 Å². The lowest BCUT2D eigenvalue weighted by molar-refractivity contribution is 0.597. The standard InChI is InChI=1S/C12H13BrN2O2S2/c1-8-2-3-10(5-12(8)19(14,16)17)15-6-11-4-9(13)7-18-11/h2-5,7,15H,6H2,1H3,(H2,14,16,17). The Kier molecular flexibility index (Phi) is 4.29. The van der Waals surface area contributed by atoms with Crippen LogP contribution in [0.5, 0.6) is 0 Å². The lowest BCUT2D eigenvalue weighted by Gasteiger charge is -2.09. The van der Waals surface area contributed by atoms with Gasteiger partial charge in [0.1, 0.15) is 0 Å². The van der Waals surface area contributed by atoms with Gasteiger partial charge >= 0.3 is 0 Å². The van der Waals surface area contributed by atoms with Crippen molar-refractivity contribution in [1.29, 1.82) is 0 Å². The molecular formula is C12H13BrN2O2S2. The van der Waals surface area contributed by atoms with Crippen molar-refractivity contribution in [3.8, 4) is 0 Å². The largest absolute Gasteiger partial charge is 0.380 e. The van der Waals surface area contributed by atoms with Crippen molar-refractivity contribution in [1.82, 2.24) is 0 Å². The number of hydrogen-bond donors (Lipinski definition) is 2.